The van der Waals surface area contributed by atoms with E-state index in [9.17, 15) is 0 Å². The third kappa shape index (κ3) is 12.2. The fourth-order valence-electron chi connectivity index (χ4n) is 0.584. The summed E-state index contributed by atoms with van der Waals surface area (Å²) in [6.07, 6.45) is 6.68. The predicted octanol–water partition coefficient (Wildman–Crippen LogP) is -1.23. The number of rotatable bonds is 5. The van der Waals surface area contributed by atoms with Gasteiger partial charge in [-0.1, -0.05) is 19.8 Å². The fraction of sp³-hybridized carbons (Fsp3) is 0.857. The van der Waals surface area contributed by atoms with Gasteiger partial charge in [0.1, 0.15) is 0 Å². The molecule has 0 unspecified atom stereocenters. The molecule has 0 aromatic rings. The quantitative estimate of drug-likeness (QED) is 0.286. The average molecular weight is 138 g/mol. The summed E-state index contributed by atoms with van der Waals surface area (Å²) in [4.78, 5) is 0. The Labute approximate surface area is 80.1 Å². The minimum absolute atomic E-state index is 0. The van der Waals surface area contributed by atoms with E-state index >= 15 is 0 Å². The van der Waals surface area contributed by atoms with Crippen LogP contribution in [0.25, 0.3) is 0 Å². The Morgan fingerprint density at radius 2 is 2.00 bits per heavy atom. The van der Waals surface area contributed by atoms with E-state index in [0.717, 1.165) is 12.8 Å². The van der Waals surface area contributed by atoms with Crippen molar-refractivity contribution in [2.75, 3.05) is 6.61 Å². The summed E-state index contributed by atoms with van der Waals surface area (Å²) >= 11 is 0. The Hall–Kier alpha value is 0.960. The Bertz CT molecular complexity index is 33.9. The van der Waals surface area contributed by atoms with Crippen molar-refractivity contribution >= 4 is 0 Å². The van der Waals surface area contributed by atoms with Gasteiger partial charge in [0.2, 0.25) is 0 Å². The van der Waals surface area contributed by atoms with Gasteiger partial charge < -0.3 is 11.5 Å². The molecule has 0 aromatic heterocycles. The van der Waals surface area contributed by atoms with Gasteiger partial charge in [-0.15, -0.1) is 0 Å². The van der Waals surface area contributed by atoms with Crippen molar-refractivity contribution in [3.05, 3.63) is 6.42 Å². The fourth-order valence-corrected chi connectivity index (χ4v) is 0.584. The van der Waals surface area contributed by atoms with Crippen molar-refractivity contribution in [2.24, 2.45) is 0 Å². The van der Waals surface area contributed by atoms with Crippen LogP contribution in [0.3, 0.4) is 0 Å². The van der Waals surface area contributed by atoms with Crippen LogP contribution < -0.4 is 29.6 Å². The Morgan fingerprint density at radius 1 is 1.33 bits per heavy atom. The summed E-state index contributed by atoms with van der Waals surface area (Å²) in [7, 11) is 0. The molecule has 0 rings (SSSR count). The predicted molar refractivity (Wildman–Crippen MR) is 35.5 cm³/mol. The van der Waals surface area contributed by atoms with Crippen LogP contribution in [0, 0.1) is 6.42 Å². The van der Waals surface area contributed by atoms with Crippen molar-refractivity contribution in [1.82, 2.24) is 0 Å². The maximum absolute atomic E-state index is 8.33. The zero-order chi connectivity index (χ0) is 6.24. The number of hydrogen-bond donors (Lipinski definition) is 1. The zero-order valence-corrected chi connectivity index (χ0v) is 8.56. The molecule has 0 aliphatic heterocycles. The normalized spacial score (nSPS) is 8.67. The first kappa shape index (κ1) is 12.6. The molecule has 0 saturated carbocycles. The molecule has 0 saturated heterocycles. The number of unbranched alkanes of at least 4 members (excludes halogenated alkanes) is 4. The first-order valence-electron chi connectivity index (χ1n) is 3.34. The SMILES string of the molecule is CCCC[CH-]CCO.[Na+]. The molecule has 9 heavy (non-hydrogen) atoms. The van der Waals surface area contributed by atoms with Crippen LogP contribution in [0.1, 0.15) is 32.6 Å². The van der Waals surface area contributed by atoms with Gasteiger partial charge in [0.05, 0.1) is 0 Å². The monoisotopic (exact) mass is 138 g/mol. The smallest absolute Gasteiger partial charge is 0.399 e. The third-order valence-electron chi connectivity index (χ3n) is 1.10. The van der Waals surface area contributed by atoms with E-state index in [1.165, 1.54) is 12.8 Å². The second kappa shape index (κ2) is 11.7. The van der Waals surface area contributed by atoms with Crippen molar-refractivity contribution in [1.29, 1.82) is 0 Å². The molecule has 0 amide bonds. The second-order valence-corrected chi connectivity index (χ2v) is 1.94. The standard InChI is InChI=1S/C7H15O.Na/c1-2-3-4-5-6-7-8;/h5,8H,2-4,6-7H2,1H3;/q-1;+1. The molecule has 0 fully saturated rings. The maximum Gasteiger partial charge on any atom is 1.00 e. The third-order valence-corrected chi connectivity index (χ3v) is 1.10. The molecule has 1 nitrogen and oxygen atoms in total. The summed E-state index contributed by atoms with van der Waals surface area (Å²) in [5, 5.41) is 8.33. The number of aliphatic hydroxyl groups excluding tert-OH is 1. The van der Waals surface area contributed by atoms with E-state index in [1.807, 2.05) is 0 Å². The van der Waals surface area contributed by atoms with Gasteiger partial charge in [-0.2, -0.15) is 12.8 Å². The minimum Gasteiger partial charge on any atom is -0.399 e. The van der Waals surface area contributed by atoms with Crippen molar-refractivity contribution in [2.45, 2.75) is 32.6 Å². The minimum atomic E-state index is 0. The summed E-state index contributed by atoms with van der Waals surface area (Å²) in [5.41, 5.74) is 0. The van der Waals surface area contributed by atoms with Crippen LogP contribution in [0.5, 0.6) is 0 Å². The average Bonchev–Trinajstić information content (AvgIpc) is 1.81. The molecule has 0 spiro atoms. The van der Waals surface area contributed by atoms with E-state index in [2.05, 4.69) is 13.3 Å². The van der Waals surface area contributed by atoms with Gasteiger partial charge in [-0.3, -0.25) is 0 Å². The Balaban J connectivity index is 0. The zero-order valence-electron chi connectivity index (χ0n) is 6.56. The topological polar surface area (TPSA) is 20.2 Å². The summed E-state index contributed by atoms with van der Waals surface area (Å²) in [5.74, 6) is 0. The number of hydrogen-bond acceptors (Lipinski definition) is 1. The largest absolute Gasteiger partial charge is 1.00 e. The van der Waals surface area contributed by atoms with E-state index in [-0.39, 0.29) is 29.6 Å². The van der Waals surface area contributed by atoms with Crippen LogP contribution in [-0.2, 0) is 0 Å². The van der Waals surface area contributed by atoms with Gasteiger partial charge in [0.15, 0.2) is 0 Å². The molecule has 50 valence electrons. The van der Waals surface area contributed by atoms with Crippen LogP contribution in [-0.4, -0.2) is 11.7 Å². The molecule has 0 aromatic carbocycles. The van der Waals surface area contributed by atoms with E-state index in [1.54, 1.807) is 0 Å². The maximum atomic E-state index is 8.33. The van der Waals surface area contributed by atoms with E-state index in [4.69, 9.17) is 5.11 Å². The van der Waals surface area contributed by atoms with E-state index < -0.39 is 0 Å². The molecule has 0 atom stereocenters. The van der Waals surface area contributed by atoms with Gasteiger partial charge in [-0.05, 0) is 0 Å². The van der Waals surface area contributed by atoms with Gasteiger partial charge in [0.25, 0.3) is 0 Å². The van der Waals surface area contributed by atoms with Gasteiger partial charge in [0, 0.05) is 6.61 Å². The summed E-state index contributed by atoms with van der Waals surface area (Å²) in [6, 6.07) is 0. The summed E-state index contributed by atoms with van der Waals surface area (Å²) < 4.78 is 0. The summed E-state index contributed by atoms with van der Waals surface area (Å²) in [6.45, 7) is 2.48. The first-order valence-corrected chi connectivity index (χ1v) is 3.34. The first-order chi connectivity index (χ1) is 3.91. The molecule has 0 aliphatic carbocycles. The van der Waals surface area contributed by atoms with Crippen LogP contribution in [0.4, 0.5) is 0 Å². The van der Waals surface area contributed by atoms with Crippen molar-refractivity contribution in [3.8, 4) is 0 Å². The molecule has 0 aliphatic rings. The van der Waals surface area contributed by atoms with Crippen molar-refractivity contribution < 1.29 is 34.7 Å². The van der Waals surface area contributed by atoms with Gasteiger partial charge >= 0.3 is 29.6 Å². The molecule has 1 N–H and O–H groups in total. The Morgan fingerprint density at radius 3 is 2.44 bits per heavy atom. The van der Waals surface area contributed by atoms with Crippen LogP contribution in [0.15, 0.2) is 0 Å². The Kier molecular flexibility index (Phi) is 16.4. The van der Waals surface area contributed by atoms with Crippen LogP contribution in [0.2, 0.25) is 0 Å². The molecule has 2 heteroatoms. The second-order valence-electron chi connectivity index (χ2n) is 1.94. The van der Waals surface area contributed by atoms with Gasteiger partial charge in [-0.25, -0.2) is 0 Å². The molecular weight excluding hydrogens is 123 g/mol. The number of aliphatic hydroxyl groups is 1. The molecular formula is C7H15NaO. The molecule has 0 radical (unpaired) electrons. The molecule has 0 heterocycles. The van der Waals surface area contributed by atoms with Crippen LogP contribution >= 0.6 is 0 Å². The molecule has 0 bridgehead atoms. The van der Waals surface area contributed by atoms with E-state index in [0.29, 0.717) is 6.61 Å². The van der Waals surface area contributed by atoms with Crippen molar-refractivity contribution in [3.63, 3.8) is 0 Å².